The molecule has 90 valence electrons. The van der Waals surface area contributed by atoms with E-state index in [1.807, 2.05) is 0 Å². The van der Waals surface area contributed by atoms with Gasteiger partial charge in [0.25, 0.3) is 0 Å². The molecular formula is C12H22N4. The highest BCUT2D eigenvalue weighted by atomic mass is 15.2. The Kier molecular flexibility index (Phi) is 4.36. The smallest absolute Gasteiger partial charge is 0.0622 e. The zero-order chi connectivity index (χ0) is 11.2. The van der Waals surface area contributed by atoms with Crippen LogP contribution in [0.1, 0.15) is 31.2 Å². The van der Waals surface area contributed by atoms with Crippen molar-refractivity contribution >= 4 is 0 Å². The average Bonchev–Trinajstić information content (AvgIpc) is 2.95. The largest absolute Gasteiger partial charge is 0.310 e. The second-order valence-corrected chi connectivity index (χ2v) is 4.46. The molecule has 0 atom stereocenters. The van der Waals surface area contributed by atoms with E-state index in [4.69, 9.17) is 0 Å². The van der Waals surface area contributed by atoms with Crippen LogP contribution in [0.2, 0.25) is 0 Å². The second-order valence-electron chi connectivity index (χ2n) is 4.46. The summed E-state index contributed by atoms with van der Waals surface area (Å²) in [6, 6.07) is 2.14. The van der Waals surface area contributed by atoms with Gasteiger partial charge in [0, 0.05) is 25.3 Å². The predicted octanol–water partition coefficient (Wildman–Crippen LogP) is 1.16. The molecule has 1 aliphatic rings. The monoisotopic (exact) mass is 222 g/mol. The minimum absolute atomic E-state index is 0.904. The topological polar surface area (TPSA) is 44.0 Å². The standard InChI is InChI=1S/C12H22N4/c1-2-11-9-12(15-14-11)10-13-5-8-16-6-3-4-7-16/h9,13H,2-8,10H2,1H3,(H,14,15). The summed E-state index contributed by atoms with van der Waals surface area (Å²) in [6.07, 6.45) is 3.76. The fraction of sp³-hybridized carbons (Fsp3) is 0.750. The molecule has 1 aromatic rings. The molecule has 2 N–H and O–H groups in total. The van der Waals surface area contributed by atoms with Gasteiger partial charge in [-0.2, -0.15) is 5.10 Å². The molecule has 0 bridgehead atoms. The minimum atomic E-state index is 0.904. The number of nitrogens with zero attached hydrogens (tertiary/aromatic N) is 2. The summed E-state index contributed by atoms with van der Waals surface area (Å²) in [7, 11) is 0. The molecule has 4 heteroatoms. The second kappa shape index (κ2) is 6.01. The van der Waals surface area contributed by atoms with Crippen LogP contribution in [-0.2, 0) is 13.0 Å². The number of aromatic amines is 1. The third kappa shape index (κ3) is 3.32. The molecule has 0 saturated carbocycles. The molecule has 0 aliphatic carbocycles. The molecule has 0 unspecified atom stereocenters. The Labute approximate surface area is 97.4 Å². The maximum absolute atomic E-state index is 4.22. The van der Waals surface area contributed by atoms with Crippen molar-refractivity contribution in [3.05, 3.63) is 17.5 Å². The van der Waals surface area contributed by atoms with Crippen LogP contribution in [0.4, 0.5) is 0 Å². The highest BCUT2D eigenvalue weighted by molar-refractivity contribution is 5.07. The molecule has 16 heavy (non-hydrogen) atoms. The van der Waals surface area contributed by atoms with Crippen molar-refractivity contribution in [1.29, 1.82) is 0 Å². The molecule has 0 radical (unpaired) electrons. The number of hydrogen-bond acceptors (Lipinski definition) is 3. The van der Waals surface area contributed by atoms with E-state index in [0.29, 0.717) is 0 Å². The molecule has 2 heterocycles. The predicted molar refractivity (Wildman–Crippen MR) is 65.3 cm³/mol. The van der Waals surface area contributed by atoms with E-state index < -0.39 is 0 Å². The van der Waals surface area contributed by atoms with Gasteiger partial charge < -0.3 is 10.2 Å². The van der Waals surface area contributed by atoms with Gasteiger partial charge in [-0.3, -0.25) is 5.10 Å². The van der Waals surface area contributed by atoms with Crippen molar-refractivity contribution in [1.82, 2.24) is 20.4 Å². The number of H-pyrrole nitrogens is 1. The Hall–Kier alpha value is -0.870. The summed E-state index contributed by atoms with van der Waals surface area (Å²) >= 11 is 0. The van der Waals surface area contributed by atoms with Crippen LogP contribution < -0.4 is 5.32 Å². The average molecular weight is 222 g/mol. The lowest BCUT2D eigenvalue weighted by molar-refractivity contribution is 0.335. The maximum atomic E-state index is 4.22. The number of rotatable bonds is 6. The molecule has 1 saturated heterocycles. The van der Waals surface area contributed by atoms with Crippen LogP contribution in [-0.4, -0.2) is 41.3 Å². The Morgan fingerprint density at radius 2 is 2.25 bits per heavy atom. The van der Waals surface area contributed by atoms with Gasteiger partial charge in [0.2, 0.25) is 0 Å². The van der Waals surface area contributed by atoms with E-state index in [1.54, 1.807) is 0 Å². The quantitative estimate of drug-likeness (QED) is 0.710. The van der Waals surface area contributed by atoms with Crippen molar-refractivity contribution in [2.24, 2.45) is 0 Å². The van der Waals surface area contributed by atoms with E-state index in [2.05, 4.69) is 33.4 Å². The van der Waals surface area contributed by atoms with Crippen LogP contribution in [0.3, 0.4) is 0 Å². The third-order valence-corrected chi connectivity index (χ3v) is 3.17. The number of aryl methyl sites for hydroxylation is 1. The summed E-state index contributed by atoms with van der Waals surface area (Å²) < 4.78 is 0. The SMILES string of the molecule is CCc1cc(CNCCN2CCCC2)[nH]n1. The number of aromatic nitrogens is 2. The first kappa shape index (κ1) is 11.6. The third-order valence-electron chi connectivity index (χ3n) is 3.17. The van der Waals surface area contributed by atoms with Crippen LogP contribution in [0.5, 0.6) is 0 Å². The molecule has 2 rings (SSSR count). The van der Waals surface area contributed by atoms with Gasteiger partial charge >= 0.3 is 0 Å². The number of hydrogen-bond donors (Lipinski definition) is 2. The first-order valence-corrected chi connectivity index (χ1v) is 6.34. The lowest BCUT2D eigenvalue weighted by Crippen LogP contribution is -2.29. The minimum Gasteiger partial charge on any atom is -0.310 e. The van der Waals surface area contributed by atoms with Crippen molar-refractivity contribution in [2.45, 2.75) is 32.7 Å². The first-order valence-electron chi connectivity index (χ1n) is 6.34. The fourth-order valence-corrected chi connectivity index (χ4v) is 2.15. The van der Waals surface area contributed by atoms with Gasteiger partial charge in [-0.05, 0) is 38.4 Å². The van der Waals surface area contributed by atoms with Crippen LogP contribution >= 0.6 is 0 Å². The Morgan fingerprint density at radius 1 is 1.44 bits per heavy atom. The molecule has 4 nitrogen and oxygen atoms in total. The normalized spacial score (nSPS) is 17.1. The first-order chi connectivity index (χ1) is 7.88. The molecule has 1 aliphatic heterocycles. The molecule has 1 fully saturated rings. The summed E-state index contributed by atoms with van der Waals surface area (Å²) in [5.74, 6) is 0. The molecular weight excluding hydrogens is 200 g/mol. The Morgan fingerprint density at radius 3 is 2.94 bits per heavy atom. The van der Waals surface area contributed by atoms with E-state index in [9.17, 15) is 0 Å². The molecule has 0 amide bonds. The van der Waals surface area contributed by atoms with Crippen molar-refractivity contribution in [3.8, 4) is 0 Å². The Balaban J connectivity index is 1.60. The van der Waals surface area contributed by atoms with Gasteiger partial charge in [-0.25, -0.2) is 0 Å². The van der Waals surface area contributed by atoms with Gasteiger partial charge in [0.15, 0.2) is 0 Å². The van der Waals surface area contributed by atoms with Crippen molar-refractivity contribution < 1.29 is 0 Å². The van der Waals surface area contributed by atoms with E-state index in [1.165, 1.54) is 38.2 Å². The van der Waals surface area contributed by atoms with E-state index >= 15 is 0 Å². The lowest BCUT2D eigenvalue weighted by atomic mass is 10.3. The number of nitrogens with one attached hydrogen (secondary N) is 2. The summed E-state index contributed by atoms with van der Waals surface area (Å²) in [4.78, 5) is 2.53. The molecule has 0 spiro atoms. The highest BCUT2D eigenvalue weighted by Crippen LogP contribution is 2.05. The molecule has 1 aromatic heterocycles. The molecule has 0 aromatic carbocycles. The van der Waals surface area contributed by atoms with Gasteiger partial charge in [0.05, 0.1) is 5.69 Å². The van der Waals surface area contributed by atoms with Crippen LogP contribution in [0.25, 0.3) is 0 Å². The van der Waals surface area contributed by atoms with Gasteiger partial charge in [-0.15, -0.1) is 0 Å². The zero-order valence-electron chi connectivity index (χ0n) is 10.1. The Bertz CT molecular complexity index is 302. The summed E-state index contributed by atoms with van der Waals surface area (Å²) in [6.45, 7) is 7.84. The zero-order valence-corrected chi connectivity index (χ0v) is 10.1. The maximum Gasteiger partial charge on any atom is 0.0622 e. The summed E-state index contributed by atoms with van der Waals surface area (Å²) in [5, 5.41) is 10.7. The van der Waals surface area contributed by atoms with E-state index in [-0.39, 0.29) is 0 Å². The lowest BCUT2D eigenvalue weighted by Gasteiger charge is -2.14. The summed E-state index contributed by atoms with van der Waals surface area (Å²) in [5.41, 5.74) is 2.34. The fourth-order valence-electron chi connectivity index (χ4n) is 2.15. The van der Waals surface area contributed by atoms with Crippen LogP contribution in [0.15, 0.2) is 6.07 Å². The number of likely N-dealkylation sites (tertiary alicyclic amines) is 1. The van der Waals surface area contributed by atoms with Crippen LogP contribution in [0, 0.1) is 0 Å². The van der Waals surface area contributed by atoms with Gasteiger partial charge in [-0.1, -0.05) is 6.92 Å². The van der Waals surface area contributed by atoms with Crippen molar-refractivity contribution in [3.63, 3.8) is 0 Å². The highest BCUT2D eigenvalue weighted by Gasteiger charge is 2.09. The van der Waals surface area contributed by atoms with Crippen molar-refractivity contribution in [2.75, 3.05) is 26.2 Å². The van der Waals surface area contributed by atoms with E-state index in [0.717, 1.165) is 25.2 Å². The van der Waals surface area contributed by atoms with Gasteiger partial charge in [0.1, 0.15) is 0 Å².